The van der Waals surface area contributed by atoms with E-state index in [0.29, 0.717) is 24.4 Å². The van der Waals surface area contributed by atoms with Gasteiger partial charge in [-0.3, -0.25) is 14.5 Å². The number of nitrogens with zero attached hydrogens (tertiary/aromatic N) is 5. The van der Waals surface area contributed by atoms with E-state index in [4.69, 9.17) is 4.63 Å². The van der Waals surface area contributed by atoms with Gasteiger partial charge in [0.15, 0.2) is 0 Å². The van der Waals surface area contributed by atoms with Gasteiger partial charge in [-0.2, -0.15) is 0 Å². The first-order valence-electron chi connectivity index (χ1n) is 10.6. The van der Waals surface area contributed by atoms with E-state index in [9.17, 15) is 9.59 Å². The lowest BCUT2D eigenvalue weighted by molar-refractivity contribution is -0.137. The summed E-state index contributed by atoms with van der Waals surface area (Å²) in [5, 5.41) is 7.67. The molecular formula is C20H31N5O3. The minimum Gasteiger partial charge on any atom is -0.342 e. The van der Waals surface area contributed by atoms with Gasteiger partial charge in [-0.05, 0) is 52.0 Å². The number of rotatable bonds is 5. The minimum atomic E-state index is 0.0324. The Hall–Kier alpha value is -1.96. The number of carbonyl (C=O) groups is 2. The lowest BCUT2D eigenvalue weighted by Crippen LogP contribution is -2.51. The number of likely N-dealkylation sites (tertiary alicyclic amines) is 2. The van der Waals surface area contributed by atoms with E-state index >= 15 is 0 Å². The Morgan fingerprint density at radius 3 is 2.46 bits per heavy atom. The van der Waals surface area contributed by atoms with E-state index in [-0.39, 0.29) is 11.8 Å². The third-order valence-corrected chi connectivity index (χ3v) is 6.53. The van der Waals surface area contributed by atoms with Crippen molar-refractivity contribution in [2.75, 3.05) is 33.2 Å². The Morgan fingerprint density at radius 1 is 1.07 bits per heavy atom. The van der Waals surface area contributed by atoms with Crippen molar-refractivity contribution in [2.45, 2.75) is 58.0 Å². The van der Waals surface area contributed by atoms with Crippen LogP contribution in [0.4, 0.5) is 0 Å². The summed E-state index contributed by atoms with van der Waals surface area (Å²) in [4.78, 5) is 31.5. The smallest absolute Gasteiger partial charge is 0.227 e. The van der Waals surface area contributed by atoms with Gasteiger partial charge in [0.05, 0.1) is 12.5 Å². The molecule has 2 amide bonds. The van der Waals surface area contributed by atoms with E-state index < -0.39 is 0 Å². The number of amides is 2. The lowest BCUT2D eigenvalue weighted by atomic mass is 9.92. The molecule has 4 rings (SSSR count). The fourth-order valence-corrected chi connectivity index (χ4v) is 4.59. The third kappa shape index (κ3) is 4.21. The molecular weight excluding hydrogens is 358 g/mol. The van der Waals surface area contributed by atoms with Gasteiger partial charge in [-0.15, -0.1) is 0 Å². The van der Waals surface area contributed by atoms with Gasteiger partial charge in [-0.1, -0.05) is 10.3 Å². The standard InChI is InChI=1S/C20H31N5O3/c1-14-18(22-28-21-14)13-23(2)19(26)16-4-3-9-25(12-16)17-7-10-24(11-8-17)20(27)15-5-6-15/h15-17H,3-13H2,1-2H3. The average molecular weight is 390 g/mol. The molecule has 0 bridgehead atoms. The Balaban J connectivity index is 1.28. The van der Waals surface area contributed by atoms with Crippen LogP contribution < -0.4 is 0 Å². The van der Waals surface area contributed by atoms with Crippen molar-refractivity contribution in [3.63, 3.8) is 0 Å². The maximum Gasteiger partial charge on any atom is 0.227 e. The zero-order chi connectivity index (χ0) is 19.7. The Labute approximate surface area is 166 Å². The molecule has 1 atom stereocenters. The van der Waals surface area contributed by atoms with Gasteiger partial charge in [0, 0.05) is 38.6 Å². The largest absolute Gasteiger partial charge is 0.342 e. The van der Waals surface area contributed by atoms with Gasteiger partial charge >= 0.3 is 0 Å². The van der Waals surface area contributed by atoms with Crippen molar-refractivity contribution in [3.8, 4) is 0 Å². The second kappa shape index (κ2) is 8.19. The Morgan fingerprint density at radius 2 is 1.82 bits per heavy atom. The molecule has 28 heavy (non-hydrogen) atoms. The summed E-state index contributed by atoms with van der Waals surface area (Å²) in [6.07, 6.45) is 6.20. The summed E-state index contributed by atoms with van der Waals surface area (Å²) >= 11 is 0. The van der Waals surface area contributed by atoms with Crippen molar-refractivity contribution in [1.29, 1.82) is 0 Å². The molecule has 3 fully saturated rings. The normalized spacial score (nSPS) is 24.4. The molecule has 0 N–H and O–H groups in total. The first kappa shape index (κ1) is 19.4. The van der Waals surface area contributed by atoms with E-state index in [1.165, 1.54) is 0 Å². The SMILES string of the molecule is Cc1nonc1CN(C)C(=O)C1CCCN(C2CCN(C(=O)C3CC3)CC2)C1. The molecule has 1 aromatic rings. The van der Waals surface area contributed by atoms with Crippen LogP contribution in [-0.2, 0) is 16.1 Å². The monoisotopic (exact) mass is 389 g/mol. The van der Waals surface area contributed by atoms with Crippen molar-refractivity contribution in [2.24, 2.45) is 11.8 Å². The van der Waals surface area contributed by atoms with E-state index in [1.807, 2.05) is 14.0 Å². The van der Waals surface area contributed by atoms with Crippen LogP contribution in [0.1, 0.15) is 49.9 Å². The molecule has 8 heteroatoms. The second-order valence-corrected chi connectivity index (χ2v) is 8.66. The first-order chi connectivity index (χ1) is 13.5. The zero-order valence-corrected chi connectivity index (χ0v) is 17.0. The summed E-state index contributed by atoms with van der Waals surface area (Å²) in [6, 6.07) is 0.492. The highest BCUT2D eigenvalue weighted by Crippen LogP contribution is 2.33. The summed E-state index contributed by atoms with van der Waals surface area (Å²) in [7, 11) is 1.83. The van der Waals surface area contributed by atoms with Gasteiger partial charge in [0.1, 0.15) is 11.4 Å². The van der Waals surface area contributed by atoms with E-state index in [2.05, 4.69) is 20.1 Å². The molecule has 154 valence electrons. The number of hydrogen-bond acceptors (Lipinski definition) is 6. The van der Waals surface area contributed by atoms with Gasteiger partial charge in [-0.25, -0.2) is 4.63 Å². The fourth-order valence-electron chi connectivity index (χ4n) is 4.59. The molecule has 0 radical (unpaired) electrons. The molecule has 0 spiro atoms. The van der Waals surface area contributed by atoms with E-state index in [1.54, 1.807) is 4.90 Å². The van der Waals surface area contributed by atoms with Crippen LogP contribution in [0.25, 0.3) is 0 Å². The molecule has 3 heterocycles. The van der Waals surface area contributed by atoms with Crippen LogP contribution in [0.5, 0.6) is 0 Å². The summed E-state index contributed by atoms with van der Waals surface area (Å²) in [6.45, 7) is 5.89. The molecule has 1 saturated carbocycles. The highest BCUT2D eigenvalue weighted by Gasteiger charge is 2.37. The number of aryl methyl sites for hydroxylation is 1. The van der Waals surface area contributed by atoms with Gasteiger partial charge in [0.2, 0.25) is 11.8 Å². The molecule has 8 nitrogen and oxygen atoms in total. The first-order valence-corrected chi connectivity index (χ1v) is 10.6. The molecule has 3 aliphatic rings. The fraction of sp³-hybridized carbons (Fsp3) is 0.800. The number of piperidine rings is 2. The van der Waals surface area contributed by atoms with Crippen LogP contribution in [0.3, 0.4) is 0 Å². The van der Waals surface area contributed by atoms with Crippen LogP contribution in [0, 0.1) is 18.8 Å². The van der Waals surface area contributed by atoms with Crippen molar-refractivity contribution in [1.82, 2.24) is 25.0 Å². The number of aromatic nitrogens is 2. The van der Waals surface area contributed by atoms with Crippen LogP contribution in [0.15, 0.2) is 4.63 Å². The lowest BCUT2D eigenvalue weighted by Gasteiger charge is -2.42. The van der Waals surface area contributed by atoms with Crippen LogP contribution in [-0.4, -0.2) is 76.1 Å². The maximum absolute atomic E-state index is 13.0. The summed E-state index contributed by atoms with van der Waals surface area (Å²) in [5.41, 5.74) is 1.45. The predicted molar refractivity (Wildman–Crippen MR) is 102 cm³/mol. The average Bonchev–Trinajstić information content (AvgIpc) is 3.50. The molecule has 1 unspecified atom stereocenters. The predicted octanol–water partition coefficient (Wildman–Crippen LogP) is 1.45. The van der Waals surface area contributed by atoms with Crippen LogP contribution >= 0.6 is 0 Å². The quantitative estimate of drug-likeness (QED) is 0.758. The molecule has 1 aliphatic carbocycles. The number of hydrogen-bond donors (Lipinski definition) is 0. The van der Waals surface area contributed by atoms with Crippen LogP contribution in [0.2, 0.25) is 0 Å². The van der Waals surface area contributed by atoms with Gasteiger partial charge < -0.3 is 9.80 Å². The molecule has 2 saturated heterocycles. The van der Waals surface area contributed by atoms with Crippen molar-refractivity contribution < 1.29 is 14.2 Å². The Kier molecular flexibility index (Phi) is 5.66. The van der Waals surface area contributed by atoms with Crippen molar-refractivity contribution >= 4 is 11.8 Å². The second-order valence-electron chi connectivity index (χ2n) is 8.66. The summed E-state index contributed by atoms with van der Waals surface area (Å²) in [5.74, 6) is 0.885. The third-order valence-electron chi connectivity index (χ3n) is 6.53. The summed E-state index contributed by atoms with van der Waals surface area (Å²) < 4.78 is 4.74. The highest BCUT2D eigenvalue weighted by molar-refractivity contribution is 5.81. The van der Waals surface area contributed by atoms with E-state index in [0.717, 1.165) is 76.1 Å². The molecule has 1 aromatic heterocycles. The topological polar surface area (TPSA) is 82.8 Å². The molecule has 0 aromatic carbocycles. The molecule has 2 aliphatic heterocycles. The van der Waals surface area contributed by atoms with Gasteiger partial charge in [0.25, 0.3) is 0 Å². The minimum absolute atomic E-state index is 0.0324. The highest BCUT2D eigenvalue weighted by atomic mass is 16.6. The number of carbonyl (C=O) groups excluding carboxylic acids is 2. The van der Waals surface area contributed by atoms with Crippen molar-refractivity contribution in [3.05, 3.63) is 11.4 Å². The maximum atomic E-state index is 13.0. The zero-order valence-electron chi connectivity index (χ0n) is 17.0. The Bertz CT molecular complexity index is 708.